The van der Waals surface area contributed by atoms with Gasteiger partial charge in [0.2, 0.25) is 0 Å². The van der Waals surface area contributed by atoms with Crippen LogP contribution in [0, 0.1) is 0 Å². The van der Waals surface area contributed by atoms with Crippen LogP contribution in [0.4, 0.5) is 11.4 Å². The van der Waals surface area contributed by atoms with Crippen molar-refractivity contribution in [3.05, 3.63) is 107 Å². The number of rotatable bonds is 18. The first-order valence-corrected chi connectivity index (χ1v) is 20.0. The third kappa shape index (κ3) is 16.1. The summed E-state index contributed by atoms with van der Waals surface area (Å²) in [5.74, 6) is 0.423. The minimum absolute atomic E-state index is 0.0232. The highest BCUT2D eigenvalue weighted by molar-refractivity contribution is 5.91. The van der Waals surface area contributed by atoms with Gasteiger partial charge >= 0.3 is 11.9 Å². The fourth-order valence-corrected chi connectivity index (χ4v) is 6.13. The van der Waals surface area contributed by atoms with E-state index >= 15 is 0 Å². The Labute approximate surface area is 335 Å². The molecule has 2 aliphatic heterocycles. The lowest BCUT2D eigenvalue weighted by Crippen LogP contribution is -2.39. The van der Waals surface area contributed by atoms with Crippen LogP contribution in [0.15, 0.2) is 107 Å². The van der Waals surface area contributed by atoms with E-state index in [0.717, 1.165) is 61.2 Å². The molecule has 0 spiro atoms. The van der Waals surface area contributed by atoms with Crippen LogP contribution in [0.2, 0.25) is 0 Å². The fraction of sp³-hybridized carbons (Fsp3) is 0.478. The molecule has 2 aromatic carbocycles. The number of hydrogen-bond acceptors (Lipinski definition) is 10. The molecular weight excluding hydrogens is 705 g/mol. The second-order valence-corrected chi connectivity index (χ2v) is 15.6. The number of carbonyl (C=O) groups is 2. The maximum absolute atomic E-state index is 12.5. The van der Waals surface area contributed by atoms with E-state index < -0.39 is 11.9 Å². The zero-order chi connectivity index (χ0) is 40.5. The van der Waals surface area contributed by atoms with Crippen molar-refractivity contribution in [3.8, 4) is 11.5 Å². The van der Waals surface area contributed by atoms with Crippen LogP contribution in [0.1, 0.15) is 81.1 Å². The SMILES string of the molecule is CC(C)=CCN(CC=C(C)C)c1ccc(OC2CCN(OC(=O)/C=C/C(=O)ON3CCC(Oc4ccc(N(CC=C(C)C)CC=C(C)C)cc4)CC3)CC2)cc1. The standard InChI is InChI=1S/C46H64N4O6/c1-35(2)19-27-47(28-20-36(3)4)39-9-13-41(14-10-39)53-43-23-31-49(32-24-43)55-45(51)17-18-46(52)56-50-33-25-44(26-34-50)54-42-15-11-40(12-16-42)48(29-21-37(5)6)30-22-38(7)8/h9-22,43-44H,23-34H2,1-8H3/b18-17+. The Morgan fingerprint density at radius 1 is 0.518 bits per heavy atom. The van der Waals surface area contributed by atoms with E-state index in [0.29, 0.717) is 51.9 Å². The Balaban J connectivity index is 1.13. The van der Waals surface area contributed by atoms with Gasteiger partial charge in [-0.05, 0) is 104 Å². The van der Waals surface area contributed by atoms with Crippen molar-refractivity contribution in [1.29, 1.82) is 0 Å². The quantitative estimate of drug-likeness (QED) is 0.108. The Hall–Kier alpha value is -4.80. The first-order chi connectivity index (χ1) is 26.8. The highest BCUT2D eigenvalue weighted by Gasteiger charge is 2.25. The molecule has 304 valence electrons. The molecule has 10 heteroatoms. The van der Waals surface area contributed by atoms with Crippen molar-refractivity contribution in [2.24, 2.45) is 0 Å². The molecule has 2 aliphatic rings. The number of hydroxylamine groups is 4. The molecule has 0 unspecified atom stereocenters. The van der Waals surface area contributed by atoms with Crippen LogP contribution in [0.5, 0.6) is 11.5 Å². The van der Waals surface area contributed by atoms with Crippen molar-refractivity contribution in [3.63, 3.8) is 0 Å². The Morgan fingerprint density at radius 2 is 0.804 bits per heavy atom. The Morgan fingerprint density at radius 3 is 1.07 bits per heavy atom. The average molecular weight is 769 g/mol. The molecule has 0 N–H and O–H groups in total. The summed E-state index contributed by atoms with van der Waals surface area (Å²) in [4.78, 5) is 40.6. The third-order valence-electron chi connectivity index (χ3n) is 9.48. The van der Waals surface area contributed by atoms with Crippen molar-refractivity contribution in [1.82, 2.24) is 10.1 Å². The summed E-state index contributed by atoms with van der Waals surface area (Å²) in [5, 5.41) is 3.24. The van der Waals surface area contributed by atoms with E-state index in [2.05, 4.69) is 114 Å². The summed E-state index contributed by atoms with van der Waals surface area (Å²) < 4.78 is 12.5. The number of ether oxygens (including phenoxy) is 2. The number of allylic oxidation sites excluding steroid dienone is 4. The Bertz CT molecular complexity index is 1510. The van der Waals surface area contributed by atoms with Gasteiger partial charge in [-0.3, -0.25) is 0 Å². The first kappa shape index (κ1) is 43.9. The number of hydrogen-bond donors (Lipinski definition) is 0. The van der Waals surface area contributed by atoms with E-state index in [-0.39, 0.29) is 12.2 Å². The molecule has 0 aromatic heterocycles. The molecule has 2 fully saturated rings. The van der Waals surface area contributed by atoms with Crippen molar-refractivity contribution >= 4 is 23.3 Å². The molecule has 56 heavy (non-hydrogen) atoms. The summed E-state index contributed by atoms with van der Waals surface area (Å²) in [7, 11) is 0. The smallest absolute Gasteiger partial charge is 0.349 e. The highest BCUT2D eigenvalue weighted by atomic mass is 16.7. The lowest BCUT2D eigenvalue weighted by Gasteiger charge is -2.31. The average Bonchev–Trinajstić information content (AvgIpc) is 3.16. The van der Waals surface area contributed by atoms with Crippen LogP contribution in [-0.2, 0) is 19.3 Å². The predicted molar refractivity (Wildman–Crippen MR) is 227 cm³/mol. The van der Waals surface area contributed by atoms with Crippen LogP contribution < -0.4 is 19.3 Å². The summed E-state index contributed by atoms with van der Waals surface area (Å²) in [6.07, 6.45) is 14.1. The number of anilines is 2. The minimum Gasteiger partial charge on any atom is -0.490 e. The largest absolute Gasteiger partial charge is 0.490 e. The second kappa shape index (κ2) is 22.7. The maximum atomic E-state index is 12.5. The van der Waals surface area contributed by atoms with Crippen LogP contribution in [0.3, 0.4) is 0 Å². The van der Waals surface area contributed by atoms with Crippen LogP contribution >= 0.6 is 0 Å². The second-order valence-electron chi connectivity index (χ2n) is 15.6. The zero-order valence-electron chi connectivity index (χ0n) is 35.0. The van der Waals surface area contributed by atoms with E-state index in [4.69, 9.17) is 19.1 Å². The lowest BCUT2D eigenvalue weighted by atomic mass is 10.1. The minimum atomic E-state index is -0.613. The molecular formula is C46H64N4O6. The highest BCUT2D eigenvalue weighted by Crippen LogP contribution is 2.25. The molecule has 0 saturated carbocycles. The van der Waals surface area contributed by atoms with E-state index in [9.17, 15) is 9.59 Å². The van der Waals surface area contributed by atoms with Gasteiger partial charge in [-0.1, -0.05) is 46.6 Å². The Kier molecular flexibility index (Phi) is 17.8. The molecule has 0 aliphatic carbocycles. The number of carbonyl (C=O) groups excluding carboxylic acids is 2. The maximum Gasteiger partial charge on any atom is 0.349 e. The van der Waals surface area contributed by atoms with E-state index in [1.54, 1.807) is 10.1 Å². The monoisotopic (exact) mass is 768 g/mol. The molecule has 2 saturated heterocycles. The van der Waals surface area contributed by atoms with Crippen molar-refractivity contribution in [2.75, 3.05) is 62.2 Å². The van der Waals surface area contributed by atoms with E-state index in [1.807, 2.05) is 24.3 Å². The van der Waals surface area contributed by atoms with E-state index in [1.165, 1.54) is 22.3 Å². The molecule has 0 bridgehead atoms. The number of nitrogens with zero attached hydrogens (tertiary/aromatic N) is 4. The van der Waals surface area contributed by atoms with Gasteiger partial charge in [0, 0.05) is 102 Å². The van der Waals surface area contributed by atoms with Gasteiger partial charge in [0.1, 0.15) is 23.7 Å². The molecule has 10 nitrogen and oxygen atoms in total. The van der Waals surface area contributed by atoms with Gasteiger partial charge in [0.25, 0.3) is 0 Å². The summed E-state index contributed by atoms with van der Waals surface area (Å²) in [6.45, 7) is 22.5. The zero-order valence-corrected chi connectivity index (χ0v) is 35.0. The first-order valence-electron chi connectivity index (χ1n) is 20.0. The van der Waals surface area contributed by atoms with Gasteiger partial charge in [0.05, 0.1) is 0 Å². The normalized spacial score (nSPS) is 15.4. The predicted octanol–water partition coefficient (Wildman–Crippen LogP) is 9.02. The van der Waals surface area contributed by atoms with Gasteiger partial charge in [-0.15, -0.1) is 10.1 Å². The molecule has 0 amide bonds. The van der Waals surface area contributed by atoms with Gasteiger partial charge in [0.15, 0.2) is 0 Å². The molecule has 0 radical (unpaired) electrons. The summed E-state index contributed by atoms with van der Waals surface area (Å²) in [5.41, 5.74) is 7.47. The molecule has 2 heterocycles. The summed E-state index contributed by atoms with van der Waals surface area (Å²) >= 11 is 0. The van der Waals surface area contributed by atoms with Gasteiger partial charge in [-0.2, -0.15) is 0 Å². The molecule has 0 atom stereocenters. The topological polar surface area (TPSA) is 84.0 Å². The summed E-state index contributed by atoms with van der Waals surface area (Å²) in [6, 6.07) is 16.5. The van der Waals surface area contributed by atoms with Crippen molar-refractivity contribution < 1.29 is 28.7 Å². The number of benzene rings is 2. The molecule has 4 rings (SSSR count). The number of piperidine rings is 2. The third-order valence-corrected chi connectivity index (χ3v) is 9.48. The van der Waals surface area contributed by atoms with Crippen LogP contribution in [0.25, 0.3) is 0 Å². The molecule has 2 aromatic rings. The van der Waals surface area contributed by atoms with Crippen LogP contribution in [-0.4, -0.2) is 86.6 Å². The lowest BCUT2D eigenvalue weighted by molar-refractivity contribution is -0.194. The van der Waals surface area contributed by atoms with Gasteiger partial charge in [-0.25, -0.2) is 9.59 Å². The fourth-order valence-electron chi connectivity index (χ4n) is 6.13. The van der Waals surface area contributed by atoms with Gasteiger partial charge < -0.3 is 28.9 Å². The van der Waals surface area contributed by atoms with Crippen molar-refractivity contribution in [2.45, 2.75) is 93.3 Å².